The molecular weight excluding hydrogens is 364 g/mol. The van der Waals surface area contributed by atoms with Gasteiger partial charge in [0.05, 0.1) is 6.10 Å². The Morgan fingerprint density at radius 2 is 1.73 bits per heavy atom. The molecule has 30 heavy (non-hydrogen) atoms. The Kier molecular flexibility index (Phi) is 6.35. The molecule has 0 aromatic carbocycles. The number of aliphatic hydroxyl groups excluding tert-OH is 1. The van der Waals surface area contributed by atoms with Gasteiger partial charge in [-0.1, -0.05) is 77.7 Å². The summed E-state index contributed by atoms with van der Waals surface area (Å²) in [7, 11) is 0. The fourth-order valence-electron chi connectivity index (χ4n) is 8.65. The molecule has 0 aromatic rings. The van der Waals surface area contributed by atoms with Gasteiger partial charge in [0.1, 0.15) is 0 Å². The van der Waals surface area contributed by atoms with Crippen LogP contribution in [0.25, 0.3) is 0 Å². The Bertz CT molecular complexity index is 686. The van der Waals surface area contributed by atoms with Crippen molar-refractivity contribution in [3.63, 3.8) is 0 Å². The molecule has 0 radical (unpaired) electrons. The first-order valence-corrected chi connectivity index (χ1v) is 13.3. The molecule has 0 spiro atoms. The van der Waals surface area contributed by atoms with Crippen LogP contribution in [-0.4, -0.2) is 11.2 Å². The highest BCUT2D eigenvalue weighted by molar-refractivity contribution is 5.38. The summed E-state index contributed by atoms with van der Waals surface area (Å²) in [4.78, 5) is 0. The van der Waals surface area contributed by atoms with Crippen LogP contribution in [0.2, 0.25) is 0 Å². The molecule has 0 amide bonds. The largest absolute Gasteiger partial charge is 0.393 e. The zero-order valence-corrected chi connectivity index (χ0v) is 20.7. The molecule has 0 bridgehead atoms. The molecule has 7 unspecified atom stereocenters. The van der Waals surface area contributed by atoms with Gasteiger partial charge in [0.15, 0.2) is 0 Å². The van der Waals surface area contributed by atoms with Gasteiger partial charge in [-0.2, -0.15) is 0 Å². The molecule has 0 aliphatic heterocycles. The predicted molar refractivity (Wildman–Crippen MR) is 128 cm³/mol. The van der Waals surface area contributed by atoms with E-state index in [0.717, 1.165) is 48.3 Å². The van der Waals surface area contributed by atoms with E-state index in [4.69, 9.17) is 0 Å². The number of hydrogen-bond acceptors (Lipinski definition) is 1. The summed E-state index contributed by atoms with van der Waals surface area (Å²) in [6.45, 7) is 15.0. The van der Waals surface area contributed by atoms with Crippen molar-refractivity contribution in [2.75, 3.05) is 0 Å². The van der Waals surface area contributed by atoms with Gasteiger partial charge in [0.2, 0.25) is 0 Å². The SMILES string of the molecule is CCC(CCC(C)C1CCC2C3=CC=C4C[C@@H](O)CCC4(C)C3CCC21C)C(C)C. The minimum absolute atomic E-state index is 0.109. The Morgan fingerprint density at radius 1 is 0.967 bits per heavy atom. The first-order chi connectivity index (χ1) is 14.2. The number of rotatable bonds is 6. The fraction of sp³-hybridized carbons (Fsp3) is 0.862. The van der Waals surface area contributed by atoms with E-state index in [1.807, 2.05) is 0 Å². The molecule has 3 fully saturated rings. The fourth-order valence-corrected chi connectivity index (χ4v) is 8.65. The molecule has 0 aromatic heterocycles. The quantitative estimate of drug-likeness (QED) is 0.469. The Morgan fingerprint density at radius 3 is 2.43 bits per heavy atom. The molecular formula is C29H48O. The van der Waals surface area contributed by atoms with Crippen LogP contribution in [0.15, 0.2) is 23.3 Å². The van der Waals surface area contributed by atoms with E-state index in [9.17, 15) is 5.11 Å². The maximum atomic E-state index is 10.2. The Balaban J connectivity index is 1.51. The second-order valence-electron chi connectivity index (χ2n) is 12.5. The van der Waals surface area contributed by atoms with Crippen molar-refractivity contribution in [2.45, 2.75) is 112 Å². The van der Waals surface area contributed by atoms with E-state index in [1.54, 1.807) is 11.1 Å². The topological polar surface area (TPSA) is 20.2 Å². The zero-order chi connectivity index (χ0) is 21.7. The van der Waals surface area contributed by atoms with Gasteiger partial charge in [0.25, 0.3) is 0 Å². The molecule has 4 aliphatic carbocycles. The summed E-state index contributed by atoms with van der Waals surface area (Å²) in [6, 6.07) is 0. The summed E-state index contributed by atoms with van der Waals surface area (Å²) in [6.07, 6.45) is 17.8. The van der Waals surface area contributed by atoms with E-state index in [1.165, 1.54) is 51.4 Å². The third-order valence-electron chi connectivity index (χ3n) is 10.8. The van der Waals surface area contributed by atoms with Crippen molar-refractivity contribution < 1.29 is 5.11 Å². The summed E-state index contributed by atoms with van der Waals surface area (Å²) >= 11 is 0. The smallest absolute Gasteiger partial charge is 0.0578 e. The van der Waals surface area contributed by atoms with E-state index >= 15 is 0 Å². The van der Waals surface area contributed by atoms with Crippen molar-refractivity contribution in [1.29, 1.82) is 0 Å². The minimum Gasteiger partial charge on any atom is -0.393 e. The van der Waals surface area contributed by atoms with Crippen LogP contribution in [0, 0.1) is 46.3 Å². The lowest BCUT2D eigenvalue weighted by Crippen LogP contribution is -2.46. The molecule has 0 saturated heterocycles. The van der Waals surface area contributed by atoms with E-state index < -0.39 is 0 Å². The third-order valence-corrected chi connectivity index (χ3v) is 10.8. The van der Waals surface area contributed by atoms with Crippen LogP contribution in [0.5, 0.6) is 0 Å². The van der Waals surface area contributed by atoms with Crippen molar-refractivity contribution in [2.24, 2.45) is 46.3 Å². The number of fused-ring (bicyclic) bond motifs is 5. The van der Waals surface area contributed by atoms with Crippen LogP contribution in [0.1, 0.15) is 106 Å². The molecule has 3 saturated carbocycles. The van der Waals surface area contributed by atoms with Gasteiger partial charge >= 0.3 is 0 Å². The third kappa shape index (κ3) is 3.66. The number of hydrogen-bond donors (Lipinski definition) is 1. The van der Waals surface area contributed by atoms with Gasteiger partial charge in [-0.25, -0.2) is 0 Å². The first kappa shape index (κ1) is 22.6. The molecule has 1 nitrogen and oxygen atoms in total. The van der Waals surface area contributed by atoms with E-state index in [-0.39, 0.29) is 6.10 Å². The average molecular weight is 413 g/mol. The zero-order valence-electron chi connectivity index (χ0n) is 20.7. The van der Waals surface area contributed by atoms with E-state index in [0.29, 0.717) is 10.8 Å². The Labute approximate surface area is 186 Å². The number of allylic oxidation sites excluding steroid dienone is 3. The Hall–Kier alpha value is -0.560. The molecule has 4 rings (SSSR count). The standard InChI is InChI=1S/C29H48O/c1-7-21(19(2)3)9-8-20(4)25-12-13-26-24-11-10-22-18-23(30)14-16-28(22,5)27(24)15-17-29(25,26)6/h10-11,19-21,23,25-27,30H,7-9,12-18H2,1-6H3/t20?,21?,23-,25?,26?,27?,28?,29?/m0/s1. The van der Waals surface area contributed by atoms with Crippen LogP contribution < -0.4 is 0 Å². The lowest BCUT2D eigenvalue weighted by atomic mass is 9.50. The van der Waals surface area contributed by atoms with E-state index in [2.05, 4.69) is 53.7 Å². The lowest BCUT2D eigenvalue weighted by Gasteiger charge is -2.55. The molecule has 4 aliphatic rings. The summed E-state index contributed by atoms with van der Waals surface area (Å²) in [5.41, 5.74) is 4.17. The lowest BCUT2D eigenvalue weighted by molar-refractivity contribution is 0.0315. The summed E-state index contributed by atoms with van der Waals surface area (Å²) < 4.78 is 0. The highest BCUT2D eigenvalue weighted by atomic mass is 16.3. The highest BCUT2D eigenvalue weighted by Gasteiger charge is 2.56. The molecule has 0 heterocycles. The van der Waals surface area contributed by atoms with Gasteiger partial charge in [0, 0.05) is 0 Å². The van der Waals surface area contributed by atoms with Crippen LogP contribution in [0.4, 0.5) is 0 Å². The maximum Gasteiger partial charge on any atom is 0.0578 e. The molecule has 1 N–H and O–H groups in total. The van der Waals surface area contributed by atoms with Crippen LogP contribution in [0.3, 0.4) is 0 Å². The second-order valence-corrected chi connectivity index (χ2v) is 12.5. The average Bonchev–Trinajstić information content (AvgIpc) is 3.06. The molecule has 1 heteroatoms. The van der Waals surface area contributed by atoms with Crippen molar-refractivity contribution in [3.8, 4) is 0 Å². The maximum absolute atomic E-state index is 10.2. The summed E-state index contributed by atoms with van der Waals surface area (Å²) in [5, 5.41) is 10.2. The van der Waals surface area contributed by atoms with Crippen molar-refractivity contribution in [1.82, 2.24) is 0 Å². The van der Waals surface area contributed by atoms with Gasteiger partial charge in [-0.05, 0) is 97.7 Å². The monoisotopic (exact) mass is 412 g/mol. The second kappa shape index (κ2) is 8.42. The highest BCUT2D eigenvalue weighted by Crippen LogP contribution is 2.66. The normalized spacial score (nSPS) is 42.7. The summed E-state index contributed by atoms with van der Waals surface area (Å²) in [5.74, 6) is 5.03. The van der Waals surface area contributed by atoms with Gasteiger partial charge in [-0.15, -0.1) is 0 Å². The van der Waals surface area contributed by atoms with Crippen LogP contribution in [-0.2, 0) is 0 Å². The number of aliphatic hydroxyl groups is 1. The van der Waals surface area contributed by atoms with Crippen LogP contribution >= 0.6 is 0 Å². The molecule has 170 valence electrons. The minimum atomic E-state index is -0.109. The predicted octanol–water partition coefficient (Wildman–Crippen LogP) is 7.94. The van der Waals surface area contributed by atoms with Crippen molar-refractivity contribution in [3.05, 3.63) is 23.3 Å². The van der Waals surface area contributed by atoms with Gasteiger partial charge in [-0.3, -0.25) is 0 Å². The van der Waals surface area contributed by atoms with Crippen molar-refractivity contribution >= 4 is 0 Å². The molecule has 8 atom stereocenters. The first-order valence-electron chi connectivity index (χ1n) is 13.3. The van der Waals surface area contributed by atoms with Gasteiger partial charge < -0.3 is 5.11 Å².